The van der Waals surface area contributed by atoms with E-state index in [1.165, 1.54) is 11.3 Å². The van der Waals surface area contributed by atoms with E-state index < -0.39 is 0 Å². The van der Waals surface area contributed by atoms with Crippen molar-refractivity contribution in [1.82, 2.24) is 20.1 Å². The van der Waals surface area contributed by atoms with Crippen molar-refractivity contribution in [2.24, 2.45) is 0 Å². The first-order valence-electron chi connectivity index (χ1n) is 10.4. The number of aryl methyl sites for hydroxylation is 1. The molecule has 0 bridgehead atoms. The van der Waals surface area contributed by atoms with Crippen LogP contribution in [0.25, 0.3) is 33.1 Å². The van der Waals surface area contributed by atoms with Crippen molar-refractivity contribution in [1.29, 1.82) is 0 Å². The van der Waals surface area contributed by atoms with Crippen molar-refractivity contribution in [3.63, 3.8) is 0 Å². The molecule has 0 fully saturated rings. The van der Waals surface area contributed by atoms with Crippen molar-refractivity contribution in [2.75, 3.05) is 5.32 Å². The number of pyridine rings is 1. The molecule has 3 heterocycles. The van der Waals surface area contributed by atoms with Gasteiger partial charge in [-0.05, 0) is 17.7 Å². The lowest BCUT2D eigenvalue weighted by Gasteiger charge is -2.02. The fourth-order valence-corrected chi connectivity index (χ4v) is 4.34. The summed E-state index contributed by atoms with van der Waals surface area (Å²) in [5, 5.41) is 7.45. The lowest BCUT2D eigenvalue weighted by atomic mass is 10.1. The summed E-state index contributed by atoms with van der Waals surface area (Å²) in [5.41, 5.74) is 3.72. The van der Waals surface area contributed by atoms with E-state index >= 15 is 0 Å². The van der Waals surface area contributed by atoms with Crippen LogP contribution in [0.2, 0.25) is 0 Å². The molecule has 0 aliphatic rings. The normalized spacial score (nSPS) is 10.8. The second kappa shape index (κ2) is 9.54. The summed E-state index contributed by atoms with van der Waals surface area (Å²) < 4.78 is 5.28. The van der Waals surface area contributed by atoms with Crippen molar-refractivity contribution in [2.45, 2.75) is 12.8 Å². The van der Waals surface area contributed by atoms with E-state index in [1.54, 1.807) is 24.5 Å². The minimum atomic E-state index is -0.161. The fourth-order valence-electron chi connectivity index (χ4n) is 3.33. The number of nitrogens with zero attached hydrogens (tertiary/aromatic N) is 4. The lowest BCUT2D eigenvalue weighted by Crippen LogP contribution is -2.12. The second-order valence-corrected chi connectivity index (χ2v) is 8.22. The third kappa shape index (κ3) is 4.86. The Morgan fingerprint density at radius 1 is 0.848 bits per heavy atom. The number of rotatable bonds is 7. The standard InChI is InChI=1S/C25H19N5O2S/c31-20(11-12-21-28-24(30-32-21)19-13-15-26-16-14-19)27-25-29-22(17-7-3-1-4-8-17)23(33-25)18-9-5-2-6-10-18/h1-10,13-16H,11-12H2,(H,27,29,31). The number of thiazole rings is 1. The molecule has 2 aromatic carbocycles. The molecule has 0 saturated heterocycles. The third-order valence-corrected chi connectivity index (χ3v) is 5.95. The SMILES string of the molecule is O=C(CCc1nc(-c2ccncc2)no1)Nc1nc(-c2ccccc2)c(-c2ccccc2)s1. The van der Waals surface area contributed by atoms with Gasteiger partial charge < -0.3 is 9.84 Å². The maximum absolute atomic E-state index is 12.6. The Morgan fingerprint density at radius 2 is 1.55 bits per heavy atom. The average Bonchev–Trinajstić information content (AvgIpc) is 3.52. The predicted molar refractivity (Wildman–Crippen MR) is 127 cm³/mol. The van der Waals surface area contributed by atoms with Crippen LogP contribution in [-0.4, -0.2) is 26.0 Å². The number of hydrogen-bond acceptors (Lipinski definition) is 7. The minimum absolute atomic E-state index is 0.161. The molecule has 5 aromatic rings. The molecule has 0 unspecified atom stereocenters. The van der Waals surface area contributed by atoms with Gasteiger partial charge in [0.15, 0.2) is 5.13 Å². The van der Waals surface area contributed by atoms with E-state index in [2.05, 4.69) is 20.4 Å². The van der Waals surface area contributed by atoms with E-state index in [-0.39, 0.29) is 12.3 Å². The van der Waals surface area contributed by atoms with Crippen molar-refractivity contribution < 1.29 is 9.32 Å². The van der Waals surface area contributed by atoms with Crippen molar-refractivity contribution >= 4 is 22.4 Å². The van der Waals surface area contributed by atoms with Gasteiger partial charge in [-0.3, -0.25) is 9.78 Å². The van der Waals surface area contributed by atoms with Gasteiger partial charge in [0.05, 0.1) is 10.6 Å². The van der Waals surface area contributed by atoms with Crippen molar-refractivity contribution in [3.8, 4) is 33.1 Å². The molecule has 3 aromatic heterocycles. The fraction of sp³-hybridized carbons (Fsp3) is 0.0800. The summed E-state index contributed by atoms with van der Waals surface area (Å²) in [7, 11) is 0. The largest absolute Gasteiger partial charge is 0.339 e. The molecule has 0 spiro atoms. The Bertz CT molecular complexity index is 1290. The van der Waals surface area contributed by atoms with Gasteiger partial charge in [-0.2, -0.15) is 4.98 Å². The first-order valence-corrected chi connectivity index (χ1v) is 11.2. The Kier molecular flexibility index (Phi) is 5.99. The third-order valence-electron chi connectivity index (χ3n) is 4.93. The first kappa shape index (κ1) is 20.7. The summed E-state index contributed by atoms with van der Waals surface area (Å²) in [4.78, 5) is 26.7. The van der Waals surface area contributed by atoms with Crippen LogP contribution in [0.3, 0.4) is 0 Å². The number of hydrogen-bond donors (Lipinski definition) is 1. The maximum atomic E-state index is 12.6. The van der Waals surface area contributed by atoms with Crippen LogP contribution in [0.1, 0.15) is 12.3 Å². The number of carbonyl (C=O) groups is 1. The topological polar surface area (TPSA) is 93.8 Å². The van der Waals surface area contributed by atoms with Crippen molar-refractivity contribution in [3.05, 3.63) is 91.1 Å². The van der Waals surface area contributed by atoms with E-state index in [0.29, 0.717) is 23.3 Å². The van der Waals surface area contributed by atoms with Crippen LogP contribution in [0, 0.1) is 0 Å². The number of anilines is 1. The van der Waals surface area contributed by atoms with Crippen LogP contribution < -0.4 is 5.32 Å². The Morgan fingerprint density at radius 3 is 2.27 bits per heavy atom. The zero-order valence-corrected chi connectivity index (χ0v) is 18.3. The Labute approximate surface area is 194 Å². The quantitative estimate of drug-likeness (QED) is 0.350. The molecule has 7 nitrogen and oxygen atoms in total. The zero-order chi connectivity index (χ0) is 22.5. The summed E-state index contributed by atoms with van der Waals surface area (Å²) >= 11 is 1.46. The van der Waals surface area contributed by atoms with Gasteiger partial charge in [-0.1, -0.05) is 77.2 Å². The highest BCUT2D eigenvalue weighted by Gasteiger charge is 2.17. The molecule has 0 aliphatic heterocycles. The molecule has 0 saturated carbocycles. The van der Waals surface area contributed by atoms with Crippen LogP contribution in [0.5, 0.6) is 0 Å². The molecular formula is C25H19N5O2S. The smallest absolute Gasteiger partial charge is 0.227 e. The van der Waals surface area contributed by atoms with Gasteiger partial charge in [0.1, 0.15) is 0 Å². The molecule has 0 atom stereocenters. The maximum Gasteiger partial charge on any atom is 0.227 e. The molecule has 33 heavy (non-hydrogen) atoms. The van der Waals surface area contributed by atoms with E-state index in [0.717, 1.165) is 27.3 Å². The van der Waals surface area contributed by atoms with Gasteiger partial charge in [0.2, 0.25) is 17.6 Å². The molecule has 0 radical (unpaired) electrons. The number of carbonyl (C=O) groups excluding carboxylic acids is 1. The van der Waals surface area contributed by atoms with Gasteiger partial charge in [-0.15, -0.1) is 0 Å². The summed E-state index contributed by atoms with van der Waals surface area (Å²) in [6.07, 6.45) is 3.88. The van der Waals surface area contributed by atoms with Crippen LogP contribution in [-0.2, 0) is 11.2 Å². The molecule has 1 N–H and O–H groups in total. The summed E-state index contributed by atoms with van der Waals surface area (Å²) in [5.74, 6) is 0.727. The van der Waals surface area contributed by atoms with Gasteiger partial charge in [0, 0.05) is 36.4 Å². The molecular weight excluding hydrogens is 434 g/mol. The van der Waals surface area contributed by atoms with E-state index in [9.17, 15) is 4.79 Å². The number of amides is 1. The summed E-state index contributed by atoms with van der Waals surface area (Å²) in [6, 6.07) is 23.6. The summed E-state index contributed by atoms with van der Waals surface area (Å²) in [6.45, 7) is 0. The number of nitrogens with one attached hydrogen (secondary N) is 1. The minimum Gasteiger partial charge on any atom is -0.339 e. The predicted octanol–water partition coefficient (Wildman–Crippen LogP) is 5.49. The average molecular weight is 454 g/mol. The molecule has 5 rings (SSSR count). The molecule has 162 valence electrons. The first-order chi connectivity index (χ1) is 16.3. The lowest BCUT2D eigenvalue weighted by molar-refractivity contribution is -0.116. The Balaban J connectivity index is 1.30. The zero-order valence-electron chi connectivity index (χ0n) is 17.5. The van der Waals surface area contributed by atoms with E-state index in [1.807, 2.05) is 60.7 Å². The van der Waals surface area contributed by atoms with Gasteiger partial charge in [0.25, 0.3) is 0 Å². The monoisotopic (exact) mass is 453 g/mol. The molecule has 1 amide bonds. The van der Waals surface area contributed by atoms with Crippen LogP contribution in [0.15, 0.2) is 89.7 Å². The van der Waals surface area contributed by atoms with Gasteiger partial charge in [-0.25, -0.2) is 4.98 Å². The number of aromatic nitrogens is 4. The number of benzene rings is 2. The highest BCUT2D eigenvalue weighted by atomic mass is 32.1. The van der Waals surface area contributed by atoms with Gasteiger partial charge >= 0.3 is 0 Å². The van der Waals surface area contributed by atoms with Crippen LogP contribution >= 0.6 is 11.3 Å². The highest BCUT2D eigenvalue weighted by Crippen LogP contribution is 2.38. The molecule has 8 heteroatoms. The van der Waals surface area contributed by atoms with E-state index in [4.69, 9.17) is 9.51 Å². The second-order valence-electron chi connectivity index (χ2n) is 7.22. The van der Waals surface area contributed by atoms with Crippen LogP contribution in [0.4, 0.5) is 5.13 Å². The Hall–Kier alpha value is -4.17. The molecule has 0 aliphatic carbocycles. The highest BCUT2D eigenvalue weighted by molar-refractivity contribution is 7.19.